The van der Waals surface area contributed by atoms with Gasteiger partial charge in [0.05, 0.1) is 6.33 Å². The van der Waals surface area contributed by atoms with Crippen LogP contribution in [0.5, 0.6) is 0 Å². The molecule has 0 amide bonds. The summed E-state index contributed by atoms with van der Waals surface area (Å²) in [4.78, 5) is 6.85. The number of aromatic nitrogens is 2. The van der Waals surface area contributed by atoms with Crippen molar-refractivity contribution >= 4 is 0 Å². The zero-order valence-electron chi connectivity index (χ0n) is 11.1. The monoisotopic (exact) mass is 248 g/mol. The quantitative estimate of drug-likeness (QED) is 0.873. The molecule has 2 aliphatic heterocycles. The third kappa shape index (κ3) is 2.93. The second kappa shape index (κ2) is 5.85. The molecule has 18 heavy (non-hydrogen) atoms. The number of nitrogens with one attached hydrogen (secondary N) is 1. The maximum atomic E-state index is 4.14. The third-order valence-corrected chi connectivity index (χ3v) is 4.37. The molecule has 2 atom stereocenters. The summed E-state index contributed by atoms with van der Waals surface area (Å²) in [5.74, 6) is 0.863. The Hall–Kier alpha value is -0.870. The number of nitrogens with zero attached hydrogens (tertiary/aromatic N) is 3. The second-order valence-electron chi connectivity index (χ2n) is 5.76. The molecule has 2 saturated heterocycles. The summed E-state index contributed by atoms with van der Waals surface area (Å²) < 4.78 is 2.22. The van der Waals surface area contributed by atoms with Gasteiger partial charge in [-0.15, -0.1) is 0 Å². The zero-order valence-corrected chi connectivity index (χ0v) is 11.1. The Kier molecular flexibility index (Phi) is 3.96. The van der Waals surface area contributed by atoms with Gasteiger partial charge < -0.3 is 9.88 Å². The van der Waals surface area contributed by atoms with Crippen LogP contribution in [0.15, 0.2) is 18.7 Å². The highest BCUT2D eigenvalue weighted by Crippen LogP contribution is 2.22. The van der Waals surface area contributed by atoms with Gasteiger partial charge in [-0.05, 0) is 51.2 Å². The van der Waals surface area contributed by atoms with Gasteiger partial charge >= 0.3 is 0 Å². The number of hydrogen-bond donors (Lipinski definition) is 1. The average molecular weight is 248 g/mol. The minimum Gasteiger partial charge on any atom is -0.336 e. The van der Waals surface area contributed by atoms with Crippen molar-refractivity contribution in [3.05, 3.63) is 18.7 Å². The van der Waals surface area contributed by atoms with Gasteiger partial charge in [0, 0.05) is 31.5 Å². The van der Waals surface area contributed by atoms with E-state index in [-0.39, 0.29) is 0 Å². The predicted octanol–water partition coefficient (Wildman–Crippen LogP) is 1.35. The van der Waals surface area contributed by atoms with Crippen LogP contribution in [0, 0.1) is 5.92 Å². The summed E-state index contributed by atoms with van der Waals surface area (Å²) >= 11 is 0. The fraction of sp³-hybridized carbons (Fsp3) is 0.786. The summed E-state index contributed by atoms with van der Waals surface area (Å²) in [5.41, 5.74) is 0. The lowest BCUT2D eigenvalue weighted by molar-refractivity contribution is 0.181. The van der Waals surface area contributed by atoms with Gasteiger partial charge in [0.1, 0.15) is 0 Å². The molecule has 2 unspecified atom stereocenters. The predicted molar refractivity (Wildman–Crippen MR) is 72.4 cm³/mol. The third-order valence-electron chi connectivity index (χ3n) is 4.37. The standard InChI is InChI=1S/C14H24N4/c1-3-13(9-15-5-1)10-18-7-2-4-14(18)11-17-8-6-16-12-17/h6,8,12-15H,1-5,7,9-11H2. The van der Waals surface area contributed by atoms with E-state index in [0.717, 1.165) is 18.5 Å². The van der Waals surface area contributed by atoms with E-state index in [9.17, 15) is 0 Å². The van der Waals surface area contributed by atoms with Gasteiger partial charge in [0.15, 0.2) is 0 Å². The van der Waals surface area contributed by atoms with Crippen LogP contribution in [0.25, 0.3) is 0 Å². The van der Waals surface area contributed by atoms with E-state index in [1.807, 2.05) is 12.5 Å². The van der Waals surface area contributed by atoms with Crippen LogP contribution >= 0.6 is 0 Å². The molecule has 4 heteroatoms. The summed E-state index contributed by atoms with van der Waals surface area (Å²) in [6.07, 6.45) is 11.4. The molecule has 0 radical (unpaired) electrons. The van der Waals surface area contributed by atoms with Crippen LogP contribution in [0.4, 0.5) is 0 Å². The molecular weight excluding hydrogens is 224 g/mol. The summed E-state index contributed by atoms with van der Waals surface area (Å²) in [5, 5.41) is 3.53. The highest BCUT2D eigenvalue weighted by molar-refractivity contribution is 4.85. The normalized spacial score (nSPS) is 29.8. The van der Waals surface area contributed by atoms with Crippen molar-refractivity contribution in [2.75, 3.05) is 26.2 Å². The number of imidazole rings is 1. The van der Waals surface area contributed by atoms with Gasteiger partial charge in [0.2, 0.25) is 0 Å². The number of hydrogen-bond acceptors (Lipinski definition) is 3. The number of likely N-dealkylation sites (tertiary alicyclic amines) is 1. The minimum absolute atomic E-state index is 0.723. The molecule has 3 heterocycles. The van der Waals surface area contributed by atoms with Crippen molar-refractivity contribution < 1.29 is 0 Å². The zero-order chi connectivity index (χ0) is 12.2. The van der Waals surface area contributed by atoms with Gasteiger partial charge in [-0.2, -0.15) is 0 Å². The molecule has 1 aromatic rings. The second-order valence-corrected chi connectivity index (χ2v) is 5.76. The summed E-state index contributed by atoms with van der Waals surface area (Å²) in [6.45, 7) is 6.12. The first-order chi connectivity index (χ1) is 8.92. The fourth-order valence-electron chi connectivity index (χ4n) is 3.39. The van der Waals surface area contributed by atoms with Crippen molar-refractivity contribution in [1.82, 2.24) is 19.8 Å². The molecule has 0 bridgehead atoms. The first-order valence-electron chi connectivity index (χ1n) is 7.32. The lowest BCUT2D eigenvalue weighted by Crippen LogP contribution is -2.41. The Bertz CT molecular complexity index is 343. The Morgan fingerprint density at radius 2 is 2.22 bits per heavy atom. The van der Waals surface area contributed by atoms with E-state index in [2.05, 4.69) is 26.0 Å². The number of rotatable bonds is 4. The van der Waals surface area contributed by atoms with Crippen LogP contribution in [-0.2, 0) is 6.54 Å². The van der Waals surface area contributed by atoms with Crippen LogP contribution in [-0.4, -0.2) is 46.7 Å². The molecule has 2 aliphatic rings. The molecule has 4 nitrogen and oxygen atoms in total. The summed E-state index contributed by atoms with van der Waals surface area (Å²) in [6, 6.07) is 0.723. The Balaban J connectivity index is 1.53. The highest BCUT2D eigenvalue weighted by Gasteiger charge is 2.27. The van der Waals surface area contributed by atoms with Gasteiger partial charge in [-0.3, -0.25) is 4.90 Å². The topological polar surface area (TPSA) is 33.1 Å². The molecule has 1 aromatic heterocycles. The van der Waals surface area contributed by atoms with Gasteiger partial charge in [-0.25, -0.2) is 4.98 Å². The molecular formula is C14H24N4. The smallest absolute Gasteiger partial charge is 0.0946 e. The van der Waals surface area contributed by atoms with Gasteiger partial charge in [-0.1, -0.05) is 0 Å². The summed E-state index contributed by atoms with van der Waals surface area (Å²) in [7, 11) is 0. The molecule has 0 spiro atoms. The average Bonchev–Trinajstić information content (AvgIpc) is 3.04. The minimum atomic E-state index is 0.723. The van der Waals surface area contributed by atoms with E-state index in [0.29, 0.717) is 0 Å². The van der Waals surface area contributed by atoms with Crippen molar-refractivity contribution in [3.8, 4) is 0 Å². The molecule has 3 rings (SSSR count). The van der Waals surface area contributed by atoms with E-state index >= 15 is 0 Å². The molecule has 0 aliphatic carbocycles. The first-order valence-corrected chi connectivity index (χ1v) is 7.32. The van der Waals surface area contributed by atoms with E-state index in [1.54, 1.807) is 0 Å². The maximum Gasteiger partial charge on any atom is 0.0946 e. The van der Waals surface area contributed by atoms with Crippen molar-refractivity contribution in [2.45, 2.75) is 38.3 Å². The van der Waals surface area contributed by atoms with Crippen molar-refractivity contribution in [3.63, 3.8) is 0 Å². The Morgan fingerprint density at radius 1 is 1.22 bits per heavy atom. The Labute approximate surface area is 109 Å². The van der Waals surface area contributed by atoms with E-state index < -0.39 is 0 Å². The SMILES string of the molecule is c1cn(CC2CCCN2CC2CCCNC2)cn1. The highest BCUT2D eigenvalue weighted by atomic mass is 15.2. The van der Waals surface area contributed by atoms with Crippen LogP contribution < -0.4 is 5.32 Å². The van der Waals surface area contributed by atoms with Crippen LogP contribution in [0.2, 0.25) is 0 Å². The molecule has 0 saturated carbocycles. The molecule has 100 valence electrons. The first kappa shape index (κ1) is 12.2. The maximum absolute atomic E-state index is 4.14. The lowest BCUT2D eigenvalue weighted by atomic mass is 9.99. The van der Waals surface area contributed by atoms with Crippen molar-refractivity contribution in [2.24, 2.45) is 5.92 Å². The van der Waals surface area contributed by atoms with E-state index in [4.69, 9.17) is 0 Å². The number of piperidine rings is 1. The van der Waals surface area contributed by atoms with Gasteiger partial charge in [0.25, 0.3) is 0 Å². The lowest BCUT2D eigenvalue weighted by Gasteiger charge is -2.31. The molecule has 0 aromatic carbocycles. The Morgan fingerprint density at radius 3 is 3.00 bits per heavy atom. The largest absolute Gasteiger partial charge is 0.336 e. The molecule has 1 N–H and O–H groups in total. The van der Waals surface area contributed by atoms with Crippen LogP contribution in [0.3, 0.4) is 0 Å². The van der Waals surface area contributed by atoms with Crippen LogP contribution in [0.1, 0.15) is 25.7 Å². The van der Waals surface area contributed by atoms with Crippen molar-refractivity contribution in [1.29, 1.82) is 0 Å². The fourth-order valence-corrected chi connectivity index (χ4v) is 3.39. The van der Waals surface area contributed by atoms with E-state index in [1.165, 1.54) is 51.9 Å². The molecule has 2 fully saturated rings.